The van der Waals surface area contributed by atoms with Crippen LogP contribution in [-0.4, -0.2) is 22.9 Å². The van der Waals surface area contributed by atoms with Crippen molar-refractivity contribution in [2.45, 2.75) is 64.3 Å². The van der Waals surface area contributed by atoms with Gasteiger partial charge in [-0.1, -0.05) is 20.8 Å². The molecule has 4 nitrogen and oxygen atoms in total. The molecule has 1 saturated carbocycles. The zero-order valence-corrected chi connectivity index (χ0v) is 16.6. The van der Waals surface area contributed by atoms with Gasteiger partial charge in [-0.3, -0.25) is 4.40 Å². The number of rotatable bonds is 4. The van der Waals surface area contributed by atoms with Crippen molar-refractivity contribution in [1.29, 1.82) is 0 Å². The molecule has 0 atom stereocenters. The molecule has 0 bridgehead atoms. The molecule has 22 heavy (non-hydrogen) atoms. The molecule has 1 aliphatic carbocycles. The zero-order chi connectivity index (χ0) is 16.1. The lowest BCUT2D eigenvalue weighted by Gasteiger charge is -2.36. The Hall–Kier alpha value is -0.723. The summed E-state index contributed by atoms with van der Waals surface area (Å²) in [5.74, 6) is 0.678. The fraction of sp³-hybridized carbons (Fsp3) is 0.625. The van der Waals surface area contributed by atoms with E-state index in [0.29, 0.717) is 12.5 Å². The van der Waals surface area contributed by atoms with Gasteiger partial charge in [-0.2, -0.15) is 0 Å². The SMILES string of the molecule is CC(C)(C)[Si](C)(C)OCc1cc2nnc(Br)n2cc1C1CC1. The quantitative estimate of drug-likeness (QED) is 0.707. The predicted molar refractivity (Wildman–Crippen MR) is 94.6 cm³/mol. The highest BCUT2D eigenvalue weighted by molar-refractivity contribution is 9.10. The van der Waals surface area contributed by atoms with Crippen molar-refractivity contribution in [2.24, 2.45) is 0 Å². The monoisotopic (exact) mass is 381 g/mol. The van der Waals surface area contributed by atoms with Gasteiger partial charge in [-0.25, -0.2) is 0 Å². The van der Waals surface area contributed by atoms with Gasteiger partial charge in [0.25, 0.3) is 0 Å². The largest absolute Gasteiger partial charge is 0.413 e. The molecule has 2 aromatic heterocycles. The molecule has 1 fully saturated rings. The van der Waals surface area contributed by atoms with Crippen LogP contribution in [0.5, 0.6) is 0 Å². The van der Waals surface area contributed by atoms with Crippen LogP contribution in [0.15, 0.2) is 17.0 Å². The molecule has 2 heterocycles. The maximum Gasteiger partial charge on any atom is 0.204 e. The number of aromatic nitrogens is 3. The Kier molecular flexibility index (Phi) is 3.98. The third kappa shape index (κ3) is 3.01. The summed E-state index contributed by atoms with van der Waals surface area (Å²) in [6, 6.07) is 2.14. The standard InChI is InChI=1S/C16H24BrN3OSi/c1-16(2,3)22(4,5)21-10-12-8-14-18-19-15(17)20(14)9-13(12)11-6-7-11/h8-9,11H,6-7,10H2,1-5H3. The number of hydrogen-bond acceptors (Lipinski definition) is 3. The topological polar surface area (TPSA) is 39.4 Å². The highest BCUT2D eigenvalue weighted by atomic mass is 79.9. The van der Waals surface area contributed by atoms with E-state index in [0.717, 1.165) is 10.4 Å². The van der Waals surface area contributed by atoms with Gasteiger partial charge in [-0.15, -0.1) is 10.2 Å². The van der Waals surface area contributed by atoms with Gasteiger partial charge in [0.2, 0.25) is 4.73 Å². The van der Waals surface area contributed by atoms with Gasteiger partial charge in [0.1, 0.15) is 0 Å². The molecular formula is C16H24BrN3OSi. The molecule has 0 unspecified atom stereocenters. The van der Waals surface area contributed by atoms with E-state index in [4.69, 9.17) is 4.43 Å². The van der Waals surface area contributed by atoms with Gasteiger partial charge < -0.3 is 4.43 Å². The third-order valence-electron chi connectivity index (χ3n) is 5.03. The third-order valence-corrected chi connectivity index (χ3v) is 10.1. The summed E-state index contributed by atoms with van der Waals surface area (Å²) in [6.07, 6.45) is 4.73. The summed E-state index contributed by atoms with van der Waals surface area (Å²) in [4.78, 5) is 0. The molecular weight excluding hydrogens is 358 g/mol. The van der Waals surface area contributed by atoms with Crippen molar-refractivity contribution in [3.63, 3.8) is 0 Å². The number of fused-ring (bicyclic) bond motifs is 1. The maximum atomic E-state index is 6.42. The Morgan fingerprint density at radius 1 is 1.32 bits per heavy atom. The lowest BCUT2D eigenvalue weighted by Crippen LogP contribution is -2.40. The van der Waals surface area contributed by atoms with Gasteiger partial charge in [0.15, 0.2) is 14.0 Å². The second-order valence-electron chi connectivity index (χ2n) is 7.77. The average molecular weight is 382 g/mol. The maximum absolute atomic E-state index is 6.42. The summed E-state index contributed by atoms with van der Waals surface area (Å²) < 4.78 is 9.21. The summed E-state index contributed by atoms with van der Waals surface area (Å²) in [5.41, 5.74) is 3.55. The van der Waals surface area contributed by atoms with Crippen molar-refractivity contribution in [3.05, 3.63) is 28.1 Å². The van der Waals surface area contributed by atoms with E-state index in [2.05, 4.69) is 72.3 Å². The summed E-state index contributed by atoms with van der Waals surface area (Å²) >= 11 is 3.46. The van der Waals surface area contributed by atoms with E-state index < -0.39 is 8.32 Å². The first-order valence-corrected chi connectivity index (χ1v) is 11.6. The molecule has 2 aromatic rings. The second-order valence-corrected chi connectivity index (χ2v) is 13.3. The Labute approximate surface area is 141 Å². The molecule has 1 aliphatic rings. The minimum absolute atomic E-state index is 0.231. The highest BCUT2D eigenvalue weighted by Crippen LogP contribution is 2.43. The second kappa shape index (κ2) is 5.42. The lowest BCUT2D eigenvalue weighted by molar-refractivity contribution is 0.275. The minimum atomic E-state index is -1.74. The molecule has 0 N–H and O–H groups in total. The van der Waals surface area contributed by atoms with Crippen molar-refractivity contribution in [3.8, 4) is 0 Å². The molecule has 0 amide bonds. The number of nitrogens with zero attached hydrogens (tertiary/aromatic N) is 3. The fourth-order valence-electron chi connectivity index (χ4n) is 2.32. The number of pyridine rings is 1. The van der Waals surface area contributed by atoms with Crippen LogP contribution in [-0.2, 0) is 11.0 Å². The van der Waals surface area contributed by atoms with Crippen molar-refractivity contribution >= 4 is 29.9 Å². The van der Waals surface area contributed by atoms with Crippen LogP contribution in [0.1, 0.15) is 50.7 Å². The molecule has 3 rings (SSSR count). The average Bonchev–Trinajstić information content (AvgIpc) is 3.20. The van der Waals surface area contributed by atoms with Crippen LogP contribution in [0.3, 0.4) is 0 Å². The van der Waals surface area contributed by atoms with Crippen molar-refractivity contribution in [2.75, 3.05) is 0 Å². The smallest absolute Gasteiger partial charge is 0.204 e. The fourth-order valence-corrected chi connectivity index (χ4v) is 3.64. The molecule has 120 valence electrons. The van der Waals surface area contributed by atoms with E-state index >= 15 is 0 Å². The van der Waals surface area contributed by atoms with Crippen molar-refractivity contribution < 1.29 is 4.43 Å². The first-order valence-electron chi connectivity index (χ1n) is 7.86. The summed E-state index contributed by atoms with van der Waals surface area (Å²) in [6.45, 7) is 12.1. The first kappa shape index (κ1) is 16.1. The molecule has 6 heteroatoms. The van der Waals surface area contributed by atoms with E-state index in [1.165, 1.54) is 24.0 Å². The molecule has 0 aliphatic heterocycles. The Bertz CT molecular complexity index is 701. The van der Waals surface area contributed by atoms with Crippen LogP contribution >= 0.6 is 15.9 Å². The molecule has 0 saturated heterocycles. The Morgan fingerprint density at radius 3 is 2.59 bits per heavy atom. The predicted octanol–water partition coefficient (Wildman–Crippen LogP) is 4.89. The van der Waals surface area contributed by atoms with Gasteiger partial charge in [-0.05, 0) is 70.0 Å². The highest BCUT2D eigenvalue weighted by Gasteiger charge is 2.37. The molecule has 0 spiro atoms. The van der Waals surface area contributed by atoms with E-state index in [1.54, 1.807) is 0 Å². The summed E-state index contributed by atoms with van der Waals surface area (Å²) in [5, 5.41) is 8.55. The molecule has 0 aromatic carbocycles. The van der Waals surface area contributed by atoms with Gasteiger partial charge in [0, 0.05) is 6.20 Å². The van der Waals surface area contributed by atoms with Crippen LogP contribution in [0.4, 0.5) is 0 Å². The van der Waals surface area contributed by atoms with Gasteiger partial charge in [0.05, 0.1) is 6.61 Å². The van der Waals surface area contributed by atoms with E-state index in [9.17, 15) is 0 Å². The number of hydrogen-bond donors (Lipinski definition) is 0. The Morgan fingerprint density at radius 2 is 2.00 bits per heavy atom. The van der Waals surface area contributed by atoms with Crippen LogP contribution < -0.4 is 0 Å². The Balaban J connectivity index is 1.91. The first-order chi connectivity index (χ1) is 10.2. The van der Waals surface area contributed by atoms with Gasteiger partial charge >= 0.3 is 0 Å². The number of halogens is 1. The van der Waals surface area contributed by atoms with E-state index in [1.807, 2.05) is 4.40 Å². The van der Waals surface area contributed by atoms with Crippen LogP contribution in [0.2, 0.25) is 18.1 Å². The van der Waals surface area contributed by atoms with Crippen molar-refractivity contribution in [1.82, 2.24) is 14.6 Å². The molecule has 0 radical (unpaired) electrons. The minimum Gasteiger partial charge on any atom is -0.413 e. The summed E-state index contributed by atoms with van der Waals surface area (Å²) in [7, 11) is -1.74. The van der Waals surface area contributed by atoms with E-state index in [-0.39, 0.29) is 5.04 Å². The van der Waals surface area contributed by atoms with Crippen LogP contribution in [0.25, 0.3) is 5.65 Å². The van der Waals surface area contributed by atoms with Crippen LogP contribution in [0, 0.1) is 0 Å². The normalized spacial score (nSPS) is 16.5. The zero-order valence-electron chi connectivity index (χ0n) is 14.0. The lowest BCUT2D eigenvalue weighted by atomic mass is 10.1.